The molecule has 252 valence electrons. The molecule has 3 heteroatoms. The second-order valence-electron chi connectivity index (χ2n) is 11.1. The fourth-order valence-electron chi connectivity index (χ4n) is 5.45. The van der Waals surface area contributed by atoms with Crippen LogP contribution in [0.5, 0.6) is 0 Å². The van der Waals surface area contributed by atoms with Crippen LogP contribution in [0.4, 0.5) is 0 Å². The van der Waals surface area contributed by atoms with E-state index in [0.717, 1.165) is 0 Å². The van der Waals surface area contributed by atoms with Gasteiger partial charge in [0, 0.05) is 16.7 Å². The minimum atomic E-state index is -1.17. The van der Waals surface area contributed by atoms with E-state index in [1.165, 1.54) is 0 Å². The zero-order valence-corrected chi connectivity index (χ0v) is 26.8. The van der Waals surface area contributed by atoms with Gasteiger partial charge in [0.15, 0.2) is 17.5 Å². The standard InChI is InChI=1S/C51H33N3/c1-3-13-35(14-4-1)49-52-50(36-15-5-2-6-16-36)54-51(53-49)37-27-25-34(26-28-37)38-17-11-18-39(31-38)40-19-12-20-41(32-40)42-29-30-47-45-23-8-7-21-43(45)44-22-9-10-24-46(44)48(47)33-42/h1-33H/i1D,2D,3D,4D,5D,6D,7D,8D,9D,10D,11D,12D,13D,14D,15D,16D,17D,18D,19D,20D,21D,22D,23D,24D,25D,26D,27D,28D,29D,30D,31D,32D,33D. The minimum Gasteiger partial charge on any atom is -0.208 e. The summed E-state index contributed by atoms with van der Waals surface area (Å²) >= 11 is 0. The van der Waals surface area contributed by atoms with Crippen molar-refractivity contribution in [2.75, 3.05) is 0 Å². The number of aromatic nitrogens is 3. The topological polar surface area (TPSA) is 38.7 Å². The van der Waals surface area contributed by atoms with Gasteiger partial charge in [-0.1, -0.05) is 181 Å². The molecule has 54 heavy (non-hydrogen) atoms. The number of nitrogens with zero attached hydrogens (tertiary/aromatic N) is 3. The third-order valence-electron chi connectivity index (χ3n) is 7.87. The van der Waals surface area contributed by atoms with Crippen molar-refractivity contribution < 1.29 is 45.2 Å². The Hall–Kier alpha value is -7.23. The van der Waals surface area contributed by atoms with E-state index in [1.54, 1.807) is 0 Å². The summed E-state index contributed by atoms with van der Waals surface area (Å²) in [5.41, 5.74) is -8.16. The van der Waals surface area contributed by atoms with Crippen molar-refractivity contribution in [2.45, 2.75) is 0 Å². The molecule has 0 aliphatic heterocycles. The van der Waals surface area contributed by atoms with E-state index in [-0.39, 0.29) is 0 Å². The van der Waals surface area contributed by atoms with Crippen LogP contribution in [0.2, 0.25) is 0 Å². The monoisotopic (exact) mass is 720 g/mol. The lowest BCUT2D eigenvalue weighted by atomic mass is 9.91. The minimum absolute atomic E-state index is 0.498. The fraction of sp³-hybridized carbons (Fsp3) is 0. The van der Waals surface area contributed by atoms with Gasteiger partial charge < -0.3 is 0 Å². The maximum atomic E-state index is 9.72. The van der Waals surface area contributed by atoms with Crippen LogP contribution >= 0.6 is 0 Å². The Labute approximate surface area is 360 Å². The maximum Gasteiger partial charge on any atom is 0.164 e. The predicted molar refractivity (Wildman–Crippen MR) is 225 cm³/mol. The van der Waals surface area contributed by atoms with Crippen molar-refractivity contribution >= 4 is 32.3 Å². The molecule has 10 aromatic rings. The van der Waals surface area contributed by atoms with Gasteiger partial charge in [-0.25, -0.2) is 15.0 Å². The Kier molecular flexibility index (Phi) is 3.08. The molecule has 0 spiro atoms. The summed E-state index contributed by atoms with van der Waals surface area (Å²) in [5, 5.41) is -3.38. The fourth-order valence-corrected chi connectivity index (χ4v) is 5.45. The van der Waals surface area contributed by atoms with Gasteiger partial charge in [-0.2, -0.15) is 0 Å². The molecule has 1 aromatic heterocycles. The van der Waals surface area contributed by atoms with Crippen LogP contribution in [0.1, 0.15) is 45.2 Å². The molecule has 0 N–H and O–H groups in total. The third kappa shape index (κ3) is 5.78. The van der Waals surface area contributed by atoms with E-state index in [0.29, 0.717) is 0 Å². The number of rotatable bonds is 6. The Morgan fingerprint density at radius 3 is 0.981 bits per heavy atom. The summed E-state index contributed by atoms with van der Waals surface area (Å²) in [5.74, 6) is -2.60. The largest absolute Gasteiger partial charge is 0.208 e. The van der Waals surface area contributed by atoms with Crippen LogP contribution in [-0.4, -0.2) is 15.0 Å². The second kappa shape index (κ2) is 13.4. The zero-order chi connectivity index (χ0) is 64.6. The van der Waals surface area contributed by atoms with E-state index in [2.05, 4.69) is 15.0 Å². The van der Waals surface area contributed by atoms with Crippen LogP contribution in [0.15, 0.2) is 199 Å². The highest BCUT2D eigenvalue weighted by molar-refractivity contribution is 6.25. The molecule has 9 aromatic carbocycles. The second-order valence-corrected chi connectivity index (χ2v) is 11.1. The highest BCUT2D eigenvalue weighted by Crippen LogP contribution is 2.38. The van der Waals surface area contributed by atoms with Crippen LogP contribution in [0.3, 0.4) is 0 Å². The molecule has 0 atom stereocenters. The molecule has 0 amide bonds. The molecule has 0 saturated carbocycles. The highest BCUT2D eigenvalue weighted by atomic mass is 15.0. The van der Waals surface area contributed by atoms with Gasteiger partial charge >= 0.3 is 0 Å². The molecule has 1 heterocycles. The molecular formula is C51H33N3. The Morgan fingerprint density at radius 2 is 0.519 bits per heavy atom. The van der Waals surface area contributed by atoms with Crippen LogP contribution < -0.4 is 0 Å². The average molecular weight is 721 g/mol. The van der Waals surface area contributed by atoms with E-state index >= 15 is 0 Å². The lowest BCUT2D eigenvalue weighted by Gasteiger charge is -2.13. The highest BCUT2D eigenvalue weighted by Gasteiger charge is 2.14. The maximum absolute atomic E-state index is 9.72. The van der Waals surface area contributed by atoms with Gasteiger partial charge in [-0.3, -0.25) is 0 Å². The summed E-state index contributed by atoms with van der Waals surface area (Å²) in [6.45, 7) is 0. The summed E-state index contributed by atoms with van der Waals surface area (Å²) in [6, 6.07) is -32.5. The molecule has 0 aliphatic rings. The first-order valence-corrected chi connectivity index (χ1v) is 15.6. The lowest BCUT2D eigenvalue weighted by Crippen LogP contribution is -2.00. The van der Waals surface area contributed by atoms with Crippen LogP contribution in [0.25, 0.3) is 99.9 Å². The number of hydrogen-bond donors (Lipinski definition) is 0. The van der Waals surface area contributed by atoms with Gasteiger partial charge in [0.05, 0.1) is 45.2 Å². The molecule has 0 aliphatic carbocycles. The molecule has 10 rings (SSSR count). The van der Waals surface area contributed by atoms with Crippen molar-refractivity contribution in [3.8, 4) is 67.5 Å². The number of fused-ring (bicyclic) bond motifs is 6. The molecular weight excluding hydrogens is 655 g/mol. The van der Waals surface area contributed by atoms with Crippen molar-refractivity contribution in [3.63, 3.8) is 0 Å². The Balaban J connectivity index is 1.27. The van der Waals surface area contributed by atoms with Crippen LogP contribution in [0, 0.1) is 0 Å². The summed E-state index contributed by atoms with van der Waals surface area (Å²) < 4.78 is 293. The smallest absolute Gasteiger partial charge is 0.164 e. The average Bonchev–Trinajstić information content (AvgIpc) is 0.708. The number of hydrogen-bond acceptors (Lipinski definition) is 3. The molecule has 3 nitrogen and oxygen atoms in total. The molecule has 0 bridgehead atoms. The van der Waals surface area contributed by atoms with E-state index in [4.69, 9.17) is 32.9 Å². The SMILES string of the molecule is [2H]c1c([2H])c([2H])c(-c2nc(-c3c([2H])c([2H])c([2H])c([2H])c3[2H])nc(-c3c([2H])c([2H])c(-c4c([2H])c([2H])c([2H])c(-c5c([2H])c([2H])c([2H])c(-c6c([2H])c([2H])c7c8c([2H])c([2H])c([2H])c([2H])c8c8c([2H])c([2H])c([2H])c([2H])c8c7c6[2H])c5[2H])c4[2H])c([2H])c3[2H])n2)c([2H])c1[2H]. The lowest BCUT2D eigenvalue weighted by molar-refractivity contribution is 1.07. The summed E-state index contributed by atoms with van der Waals surface area (Å²) in [6.07, 6.45) is 0. The quantitative estimate of drug-likeness (QED) is 0.161. The van der Waals surface area contributed by atoms with Gasteiger partial charge in [-0.05, 0) is 83.8 Å². The molecule has 0 unspecified atom stereocenters. The Morgan fingerprint density at radius 1 is 0.222 bits per heavy atom. The van der Waals surface area contributed by atoms with Crippen molar-refractivity contribution in [3.05, 3.63) is 199 Å². The molecule has 0 fully saturated rings. The van der Waals surface area contributed by atoms with Gasteiger partial charge in [0.2, 0.25) is 0 Å². The van der Waals surface area contributed by atoms with Crippen LogP contribution in [-0.2, 0) is 0 Å². The van der Waals surface area contributed by atoms with Gasteiger partial charge in [0.25, 0.3) is 0 Å². The normalized spacial score (nSPS) is 19.9. The van der Waals surface area contributed by atoms with Gasteiger partial charge in [-0.15, -0.1) is 0 Å². The Bertz CT molecular complexity index is 4690. The van der Waals surface area contributed by atoms with E-state index in [9.17, 15) is 12.3 Å². The first-order chi connectivity index (χ1) is 40.5. The van der Waals surface area contributed by atoms with Gasteiger partial charge in [0.1, 0.15) is 0 Å². The summed E-state index contributed by atoms with van der Waals surface area (Å²) in [4.78, 5) is 12.5. The molecule has 0 saturated heterocycles. The number of benzene rings is 9. The molecule has 0 radical (unpaired) electrons. The van der Waals surface area contributed by atoms with Crippen molar-refractivity contribution in [1.29, 1.82) is 0 Å². The zero-order valence-electron chi connectivity index (χ0n) is 59.8. The van der Waals surface area contributed by atoms with E-state index < -0.39 is 299 Å². The predicted octanol–water partition coefficient (Wildman–Crippen LogP) is 13.3. The van der Waals surface area contributed by atoms with Crippen molar-refractivity contribution in [1.82, 2.24) is 15.0 Å². The van der Waals surface area contributed by atoms with E-state index in [1.807, 2.05) is 0 Å². The first-order valence-electron chi connectivity index (χ1n) is 32.1. The third-order valence-corrected chi connectivity index (χ3v) is 7.87. The summed E-state index contributed by atoms with van der Waals surface area (Å²) in [7, 11) is 0. The first kappa shape index (κ1) is 12.4. The van der Waals surface area contributed by atoms with Crippen molar-refractivity contribution in [2.24, 2.45) is 0 Å².